The number of hydrogen-bond acceptors (Lipinski definition) is 3. The highest BCUT2D eigenvalue weighted by molar-refractivity contribution is 5.81. The highest BCUT2D eigenvalue weighted by Gasteiger charge is 2.17. The Balaban J connectivity index is 1.91. The monoisotopic (exact) mass is 331 g/mol. The third-order valence-corrected chi connectivity index (χ3v) is 3.55. The molecule has 0 unspecified atom stereocenters. The van der Waals surface area contributed by atoms with Crippen molar-refractivity contribution in [1.29, 1.82) is 0 Å². The second kappa shape index (κ2) is 8.34. The van der Waals surface area contributed by atoms with Gasteiger partial charge in [0.25, 0.3) is 5.91 Å². The van der Waals surface area contributed by atoms with Gasteiger partial charge in [-0.1, -0.05) is 12.1 Å². The average molecular weight is 331 g/mol. The van der Waals surface area contributed by atoms with E-state index in [0.29, 0.717) is 12.4 Å². The summed E-state index contributed by atoms with van der Waals surface area (Å²) < 4.78 is 23.8. The van der Waals surface area contributed by atoms with Crippen LogP contribution in [0.1, 0.15) is 32.4 Å². The van der Waals surface area contributed by atoms with Gasteiger partial charge in [0.1, 0.15) is 17.3 Å². The number of ether oxygens (including phenoxy) is 2. The van der Waals surface area contributed by atoms with Crippen LogP contribution in [0.4, 0.5) is 4.39 Å². The maximum atomic E-state index is 12.9. The molecule has 0 aliphatic carbocycles. The Hall–Kier alpha value is -2.56. The number of carbonyl (C=O) groups is 1. The number of carbonyl (C=O) groups excluding carboxylic acids is 1. The Morgan fingerprint density at radius 1 is 1.04 bits per heavy atom. The molecule has 0 bridgehead atoms. The first-order valence-electron chi connectivity index (χ1n) is 7.95. The normalized spacial score (nSPS) is 13.0. The summed E-state index contributed by atoms with van der Waals surface area (Å²) in [5.41, 5.74) is 0.973. The molecule has 4 nitrogen and oxygen atoms in total. The second-order valence-corrected chi connectivity index (χ2v) is 5.45. The van der Waals surface area contributed by atoms with Crippen LogP contribution in [0.5, 0.6) is 11.5 Å². The van der Waals surface area contributed by atoms with E-state index in [1.165, 1.54) is 24.3 Å². The summed E-state index contributed by atoms with van der Waals surface area (Å²) in [4.78, 5) is 12.2. The highest BCUT2D eigenvalue weighted by Crippen LogP contribution is 2.18. The van der Waals surface area contributed by atoms with E-state index < -0.39 is 6.10 Å². The first-order chi connectivity index (χ1) is 11.5. The Bertz CT molecular complexity index is 655. The number of benzene rings is 2. The molecule has 2 rings (SSSR count). The van der Waals surface area contributed by atoms with Crippen molar-refractivity contribution < 1.29 is 18.7 Å². The fourth-order valence-electron chi connectivity index (χ4n) is 2.20. The quantitative estimate of drug-likeness (QED) is 0.838. The molecule has 0 heterocycles. The molecular formula is C19H22FNO3. The van der Waals surface area contributed by atoms with Crippen LogP contribution < -0.4 is 14.8 Å². The van der Waals surface area contributed by atoms with E-state index in [4.69, 9.17) is 9.47 Å². The van der Waals surface area contributed by atoms with Crippen LogP contribution in [0.2, 0.25) is 0 Å². The zero-order chi connectivity index (χ0) is 17.5. The zero-order valence-corrected chi connectivity index (χ0v) is 14.1. The molecule has 2 aromatic rings. The minimum absolute atomic E-state index is 0.160. The molecule has 0 saturated heterocycles. The van der Waals surface area contributed by atoms with Crippen LogP contribution in [0.3, 0.4) is 0 Å². The molecule has 0 fully saturated rings. The van der Waals surface area contributed by atoms with Crippen molar-refractivity contribution in [3.63, 3.8) is 0 Å². The maximum Gasteiger partial charge on any atom is 0.261 e. The fraction of sp³-hybridized carbons (Fsp3) is 0.316. The highest BCUT2D eigenvalue weighted by atomic mass is 19.1. The molecule has 0 aliphatic rings. The van der Waals surface area contributed by atoms with Crippen LogP contribution in [-0.2, 0) is 4.79 Å². The SMILES string of the molecule is CCOc1ccc([C@@H](C)NC(=O)[C@H](C)Oc2ccc(F)cc2)cc1. The van der Waals surface area contributed by atoms with Crippen molar-refractivity contribution in [3.05, 3.63) is 59.9 Å². The molecule has 5 heteroatoms. The lowest BCUT2D eigenvalue weighted by atomic mass is 10.1. The minimum atomic E-state index is -0.680. The first kappa shape index (κ1) is 17.8. The summed E-state index contributed by atoms with van der Waals surface area (Å²) in [6.45, 7) is 6.10. The molecular weight excluding hydrogens is 309 g/mol. The molecule has 1 N–H and O–H groups in total. The second-order valence-electron chi connectivity index (χ2n) is 5.45. The van der Waals surface area contributed by atoms with Gasteiger partial charge in [0.2, 0.25) is 0 Å². The fourth-order valence-corrected chi connectivity index (χ4v) is 2.20. The summed E-state index contributed by atoms with van der Waals surface area (Å²) in [5.74, 6) is 0.671. The van der Waals surface area contributed by atoms with E-state index in [-0.39, 0.29) is 17.8 Å². The van der Waals surface area contributed by atoms with Gasteiger partial charge >= 0.3 is 0 Å². The largest absolute Gasteiger partial charge is 0.494 e. The summed E-state index contributed by atoms with van der Waals surface area (Å²) >= 11 is 0. The molecule has 0 aromatic heterocycles. The molecule has 0 spiro atoms. The van der Waals surface area contributed by atoms with Gasteiger partial charge in [-0.25, -0.2) is 4.39 Å². The van der Waals surface area contributed by atoms with Gasteiger partial charge in [-0.3, -0.25) is 4.79 Å². The molecule has 0 aliphatic heterocycles. The number of halogens is 1. The van der Waals surface area contributed by atoms with Gasteiger partial charge < -0.3 is 14.8 Å². The predicted octanol–water partition coefficient (Wildman–Crippen LogP) is 3.87. The average Bonchev–Trinajstić information content (AvgIpc) is 2.57. The van der Waals surface area contributed by atoms with Crippen LogP contribution in [0, 0.1) is 5.82 Å². The molecule has 24 heavy (non-hydrogen) atoms. The van der Waals surface area contributed by atoms with Gasteiger partial charge in [0.05, 0.1) is 12.6 Å². The smallest absolute Gasteiger partial charge is 0.261 e. The van der Waals surface area contributed by atoms with E-state index in [1.807, 2.05) is 38.1 Å². The van der Waals surface area contributed by atoms with Crippen molar-refractivity contribution in [1.82, 2.24) is 5.32 Å². The number of amides is 1. The lowest BCUT2D eigenvalue weighted by Gasteiger charge is -2.19. The summed E-state index contributed by atoms with van der Waals surface area (Å²) in [7, 11) is 0. The van der Waals surface area contributed by atoms with Crippen LogP contribution >= 0.6 is 0 Å². The van der Waals surface area contributed by atoms with Crippen LogP contribution in [-0.4, -0.2) is 18.6 Å². The summed E-state index contributed by atoms with van der Waals surface area (Å²) in [5, 5.41) is 2.90. The first-order valence-corrected chi connectivity index (χ1v) is 7.95. The van der Waals surface area contributed by atoms with Gasteiger partial charge in [-0.2, -0.15) is 0 Å². The van der Waals surface area contributed by atoms with Crippen molar-refractivity contribution in [3.8, 4) is 11.5 Å². The molecule has 0 saturated carbocycles. The lowest BCUT2D eigenvalue weighted by Crippen LogP contribution is -2.37. The molecule has 2 atom stereocenters. The Labute approximate surface area is 141 Å². The van der Waals surface area contributed by atoms with Crippen molar-refractivity contribution in [2.75, 3.05) is 6.61 Å². The van der Waals surface area contributed by atoms with E-state index in [9.17, 15) is 9.18 Å². The maximum absolute atomic E-state index is 12.9. The van der Waals surface area contributed by atoms with E-state index in [1.54, 1.807) is 6.92 Å². The van der Waals surface area contributed by atoms with Gasteiger partial charge in [0.15, 0.2) is 6.10 Å². The molecule has 128 valence electrons. The third-order valence-electron chi connectivity index (χ3n) is 3.55. The lowest BCUT2D eigenvalue weighted by molar-refractivity contribution is -0.127. The molecule has 1 amide bonds. The van der Waals surface area contributed by atoms with Gasteiger partial charge in [0, 0.05) is 0 Å². The predicted molar refractivity (Wildman–Crippen MR) is 90.7 cm³/mol. The van der Waals surface area contributed by atoms with Gasteiger partial charge in [-0.05, 0) is 62.7 Å². The summed E-state index contributed by atoms with van der Waals surface area (Å²) in [6.07, 6.45) is -0.680. The van der Waals surface area contributed by atoms with Crippen molar-refractivity contribution in [2.24, 2.45) is 0 Å². The molecule has 2 aromatic carbocycles. The van der Waals surface area contributed by atoms with Crippen LogP contribution in [0.15, 0.2) is 48.5 Å². The van der Waals surface area contributed by atoms with E-state index >= 15 is 0 Å². The third kappa shape index (κ3) is 4.98. The summed E-state index contributed by atoms with van der Waals surface area (Å²) in [6, 6.07) is 13.0. The zero-order valence-electron chi connectivity index (χ0n) is 14.1. The number of nitrogens with one attached hydrogen (secondary N) is 1. The minimum Gasteiger partial charge on any atom is -0.494 e. The topological polar surface area (TPSA) is 47.6 Å². The Morgan fingerprint density at radius 3 is 2.21 bits per heavy atom. The standard InChI is InChI=1S/C19H22FNO3/c1-4-23-17-9-5-15(6-10-17)13(2)21-19(22)14(3)24-18-11-7-16(20)8-12-18/h5-14H,4H2,1-3H3,(H,21,22)/t13-,14+/m1/s1. The van der Waals surface area contributed by atoms with Crippen LogP contribution in [0.25, 0.3) is 0 Å². The van der Waals surface area contributed by atoms with Gasteiger partial charge in [-0.15, -0.1) is 0 Å². The van der Waals surface area contributed by atoms with E-state index in [2.05, 4.69) is 5.32 Å². The van der Waals surface area contributed by atoms with Crippen molar-refractivity contribution >= 4 is 5.91 Å². The Kier molecular flexibility index (Phi) is 6.18. The molecule has 0 radical (unpaired) electrons. The number of hydrogen-bond donors (Lipinski definition) is 1. The van der Waals surface area contributed by atoms with E-state index in [0.717, 1.165) is 11.3 Å². The number of rotatable bonds is 7. The Morgan fingerprint density at radius 2 is 1.62 bits per heavy atom. The van der Waals surface area contributed by atoms with Crippen molar-refractivity contribution in [2.45, 2.75) is 32.9 Å².